The number of amides is 1. The summed E-state index contributed by atoms with van der Waals surface area (Å²) >= 11 is 7.49. The minimum Gasteiger partial charge on any atom is -0.465 e. The molecule has 3 aliphatic rings. The number of ether oxygens (including phenoxy) is 2. The van der Waals surface area contributed by atoms with Gasteiger partial charge in [0.05, 0.1) is 40.6 Å². The molecule has 16 heteroatoms. The fraction of sp³-hybridized carbons (Fsp3) is 0.438. The molecule has 2 aromatic carbocycles. The molecule has 48 heavy (non-hydrogen) atoms. The lowest BCUT2D eigenvalue weighted by atomic mass is 9.95. The summed E-state index contributed by atoms with van der Waals surface area (Å²) in [6.45, 7) is 3.45. The lowest BCUT2D eigenvalue weighted by Crippen LogP contribution is -2.44. The van der Waals surface area contributed by atoms with Crippen molar-refractivity contribution in [3.05, 3.63) is 40.4 Å². The first-order valence-electron chi connectivity index (χ1n) is 15.3. The molecule has 0 aliphatic carbocycles. The van der Waals surface area contributed by atoms with E-state index < -0.39 is 35.0 Å². The third-order valence-corrected chi connectivity index (χ3v) is 10.6. The van der Waals surface area contributed by atoms with Crippen molar-refractivity contribution < 1.29 is 37.7 Å². The van der Waals surface area contributed by atoms with E-state index in [-0.39, 0.29) is 85.9 Å². The summed E-state index contributed by atoms with van der Waals surface area (Å²) in [5.74, 6) is -1.41. The molecule has 3 atom stereocenters. The minimum atomic E-state index is -1.45. The Morgan fingerprint density at radius 2 is 2.15 bits per heavy atom. The second-order valence-corrected chi connectivity index (χ2v) is 14.2. The average Bonchev–Trinajstić information content (AvgIpc) is 3.63. The van der Waals surface area contributed by atoms with Gasteiger partial charge in [0.1, 0.15) is 46.6 Å². The molecule has 1 amide bonds. The molecule has 11 nitrogen and oxygen atoms in total. The molecule has 0 saturated carbocycles. The van der Waals surface area contributed by atoms with Crippen LogP contribution in [0.2, 0.25) is 5.02 Å². The fourth-order valence-electron chi connectivity index (χ4n) is 7.22. The Labute approximate surface area is 281 Å². The van der Waals surface area contributed by atoms with Crippen molar-refractivity contribution in [3.8, 4) is 23.2 Å². The molecule has 5 heterocycles. The predicted octanol–water partition coefficient (Wildman–Crippen LogP) is 5.95. The van der Waals surface area contributed by atoms with E-state index >= 15 is 8.78 Å². The van der Waals surface area contributed by atoms with E-state index in [0.29, 0.717) is 30.8 Å². The van der Waals surface area contributed by atoms with Crippen LogP contribution in [0, 0.1) is 23.0 Å². The molecular formula is C32H30ClF3N6O5S. The van der Waals surface area contributed by atoms with Gasteiger partial charge in [-0.15, -0.1) is 11.3 Å². The van der Waals surface area contributed by atoms with E-state index in [1.54, 1.807) is 11.8 Å². The number of hydrogen-bond acceptors (Lipinski definition) is 10. The summed E-state index contributed by atoms with van der Waals surface area (Å²) in [5.41, 5.74) is -2.32. The van der Waals surface area contributed by atoms with Gasteiger partial charge >= 0.3 is 12.1 Å². The normalized spacial score (nSPS) is 24.5. The number of β-amino-alcohol motifs (C(OH)–C–C–N with tert-alkyl or cyclic N) is 1. The lowest BCUT2D eigenvalue weighted by molar-refractivity contribution is -0.0123. The Balaban J connectivity index is 1.41. The zero-order chi connectivity index (χ0) is 34.0. The Bertz CT molecular complexity index is 2010. The van der Waals surface area contributed by atoms with Gasteiger partial charge in [-0.3, -0.25) is 10.2 Å². The fourth-order valence-corrected chi connectivity index (χ4v) is 8.58. The molecule has 2 aromatic heterocycles. The molecule has 3 fully saturated rings. The van der Waals surface area contributed by atoms with Crippen molar-refractivity contribution in [2.75, 3.05) is 56.2 Å². The largest absolute Gasteiger partial charge is 0.465 e. The highest BCUT2D eigenvalue weighted by Crippen LogP contribution is 2.47. The first-order valence-corrected chi connectivity index (χ1v) is 16.5. The Morgan fingerprint density at radius 3 is 2.92 bits per heavy atom. The zero-order valence-corrected chi connectivity index (χ0v) is 27.2. The van der Waals surface area contributed by atoms with Crippen LogP contribution >= 0.6 is 22.9 Å². The second-order valence-electron chi connectivity index (χ2n) is 12.8. The van der Waals surface area contributed by atoms with Crippen molar-refractivity contribution in [2.45, 2.75) is 43.5 Å². The first-order chi connectivity index (χ1) is 22.9. The van der Waals surface area contributed by atoms with Crippen LogP contribution in [0.1, 0.15) is 31.7 Å². The third-order valence-electron chi connectivity index (χ3n) is 9.22. The molecule has 0 bridgehead atoms. The van der Waals surface area contributed by atoms with Gasteiger partial charge in [-0.2, -0.15) is 15.2 Å². The molecule has 0 radical (unpaired) electrons. The van der Waals surface area contributed by atoms with Crippen LogP contribution in [0.5, 0.6) is 6.01 Å². The highest BCUT2D eigenvalue weighted by atomic mass is 35.5. The van der Waals surface area contributed by atoms with Gasteiger partial charge in [0.25, 0.3) is 0 Å². The SMILES string of the molecule is C[C@@]1(O)COCCN(c2nc(OC[C@@]34CCCN3C[C@H](F)C4)nc3c(F)c(-c4ccc(F)c5sc(NC(=O)O)c(C#N)c45)c(Cl)cc23)C1. The number of fused-ring (bicyclic) bond motifs is 3. The van der Waals surface area contributed by atoms with E-state index in [4.69, 9.17) is 21.1 Å². The van der Waals surface area contributed by atoms with Crippen LogP contribution in [-0.4, -0.2) is 94.5 Å². The standard InChI is InChI=1S/C32H30ClF3N6O5S/c1-31(45)13-41(7-8-46-14-31)27-18-9-20(33)23(17-3-4-21(35)26-22(17)19(11-37)28(48-26)40-30(43)44)24(36)25(18)38-29(39-27)47-15-32-5-2-6-42(32)12-16(34)10-32/h3-4,9,16,40,45H,2,5-8,10,12-15H2,1H3,(H,43,44)/t16-,31+,32+/m1/s1. The molecular weight excluding hydrogens is 673 g/mol. The molecule has 7 rings (SSSR count). The highest BCUT2D eigenvalue weighted by molar-refractivity contribution is 7.23. The van der Waals surface area contributed by atoms with Gasteiger partial charge in [-0.25, -0.2) is 18.0 Å². The number of nitriles is 1. The van der Waals surface area contributed by atoms with Crippen molar-refractivity contribution >= 4 is 60.8 Å². The number of carboxylic acid groups (broad SMARTS) is 1. The number of nitrogens with zero attached hydrogens (tertiary/aromatic N) is 5. The number of carbonyl (C=O) groups is 1. The van der Waals surface area contributed by atoms with Gasteiger partial charge in [0.15, 0.2) is 5.82 Å². The van der Waals surface area contributed by atoms with Crippen molar-refractivity contribution in [1.29, 1.82) is 5.26 Å². The Hall–Kier alpha value is -3.94. The molecule has 3 aliphatic heterocycles. The third kappa shape index (κ3) is 5.65. The van der Waals surface area contributed by atoms with Gasteiger partial charge in [0.2, 0.25) is 0 Å². The summed E-state index contributed by atoms with van der Waals surface area (Å²) in [5, 5.41) is 32.3. The number of benzene rings is 2. The molecule has 3 N–H and O–H groups in total. The van der Waals surface area contributed by atoms with Crippen LogP contribution in [0.3, 0.4) is 0 Å². The van der Waals surface area contributed by atoms with Crippen molar-refractivity contribution in [2.24, 2.45) is 0 Å². The summed E-state index contributed by atoms with van der Waals surface area (Å²) in [7, 11) is 0. The summed E-state index contributed by atoms with van der Waals surface area (Å²) < 4.78 is 58.2. The van der Waals surface area contributed by atoms with Crippen molar-refractivity contribution in [1.82, 2.24) is 14.9 Å². The van der Waals surface area contributed by atoms with Gasteiger partial charge in [-0.1, -0.05) is 17.7 Å². The molecule has 4 aromatic rings. The molecule has 0 unspecified atom stereocenters. The van der Waals surface area contributed by atoms with Gasteiger partial charge < -0.3 is 24.6 Å². The highest BCUT2D eigenvalue weighted by Gasteiger charge is 2.49. The first kappa shape index (κ1) is 32.6. The number of rotatable bonds is 6. The summed E-state index contributed by atoms with van der Waals surface area (Å²) in [4.78, 5) is 24.3. The second kappa shape index (κ2) is 12.2. The zero-order valence-electron chi connectivity index (χ0n) is 25.7. The topological polar surface area (TPSA) is 144 Å². The number of aromatic nitrogens is 2. The number of anilines is 2. The van der Waals surface area contributed by atoms with E-state index in [1.807, 2.05) is 6.07 Å². The van der Waals surface area contributed by atoms with E-state index in [0.717, 1.165) is 25.5 Å². The van der Waals surface area contributed by atoms with E-state index in [2.05, 4.69) is 20.2 Å². The van der Waals surface area contributed by atoms with Gasteiger partial charge in [0, 0.05) is 35.8 Å². The van der Waals surface area contributed by atoms with E-state index in [1.165, 1.54) is 12.1 Å². The van der Waals surface area contributed by atoms with Crippen LogP contribution in [0.15, 0.2) is 18.2 Å². The number of thiophene rings is 1. The average molecular weight is 703 g/mol. The molecule has 0 spiro atoms. The summed E-state index contributed by atoms with van der Waals surface area (Å²) in [6, 6.07) is 5.57. The lowest BCUT2D eigenvalue weighted by Gasteiger charge is -2.31. The van der Waals surface area contributed by atoms with Crippen LogP contribution in [-0.2, 0) is 4.74 Å². The number of nitrogens with one attached hydrogen (secondary N) is 1. The molecule has 3 saturated heterocycles. The van der Waals surface area contributed by atoms with E-state index in [9.17, 15) is 24.7 Å². The number of alkyl halides is 1. The smallest absolute Gasteiger partial charge is 0.409 e. The quantitative estimate of drug-likeness (QED) is 0.221. The Kier molecular flexibility index (Phi) is 8.28. The monoisotopic (exact) mass is 702 g/mol. The number of halogens is 4. The minimum absolute atomic E-state index is 0.0136. The van der Waals surface area contributed by atoms with Gasteiger partial charge in [-0.05, 0) is 44.0 Å². The Morgan fingerprint density at radius 1 is 1.33 bits per heavy atom. The maximum Gasteiger partial charge on any atom is 0.409 e. The van der Waals surface area contributed by atoms with Crippen LogP contribution in [0.4, 0.5) is 28.8 Å². The number of aliphatic hydroxyl groups is 1. The van der Waals surface area contributed by atoms with Crippen LogP contribution in [0.25, 0.3) is 32.1 Å². The predicted molar refractivity (Wildman–Crippen MR) is 174 cm³/mol. The maximum absolute atomic E-state index is 17.0. The number of hydrogen-bond donors (Lipinski definition) is 3. The summed E-state index contributed by atoms with van der Waals surface area (Å²) in [6.07, 6.45) is -0.519. The van der Waals surface area contributed by atoms with Crippen LogP contribution < -0.4 is 15.0 Å². The maximum atomic E-state index is 17.0. The molecule has 252 valence electrons. The van der Waals surface area contributed by atoms with Crippen molar-refractivity contribution in [3.63, 3.8) is 0 Å².